The van der Waals surface area contributed by atoms with Crippen molar-refractivity contribution in [2.24, 2.45) is 0 Å². The highest BCUT2D eigenvalue weighted by Gasteiger charge is 2.23. The van der Waals surface area contributed by atoms with Crippen molar-refractivity contribution in [2.45, 2.75) is 9.79 Å². The van der Waals surface area contributed by atoms with Gasteiger partial charge in [0.05, 0.1) is 16.6 Å². The van der Waals surface area contributed by atoms with Crippen molar-refractivity contribution in [3.63, 3.8) is 0 Å². The van der Waals surface area contributed by atoms with Crippen molar-refractivity contribution in [3.05, 3.63) is 27.8 Å². The molecule has 84 valence electrons. The van der Waals surface area contributed by atoms with Crippen molar-refractivity contribution < 1.29 is 13.3 Å². The number of nitrogens with zero attached hydrogens (tertiary/aromatic N) is 2. The molecule has 0 aromatic heterocycles. The zero-order valence-electron chi connectivity index (χ0n) is 7.42. The predicted molar refractivity (Wildman–Crippen MR) is 58.1 cm³/mol. The molecule has 0 saturated carbocycles. The minimum absolute atomic E-state index is 0.177. The average Bonchev–Trinajstić information content (AvgIpc) is 2.15. The van der Waals surface area contributed by atoms with E-state index in [9.17, 15) is 18.5 Å². The molecule has 0 heterocycles. The van der Waals surface area contributed by atoms with Gasteiger partial charge in [-0.25, -0.2) is 8.42 Å². The first-order valence-electron chi connectivity index (χ1n) is 3.63. The van der Waals surface area contributed by atoms with Gasteiger partial charge in [-0.15, -0.1) is 12.6 Å². The fraction of sp³-hybridized carbons (Fsp3) is 0. The van der Waals surface area contributed by atoms with Gasteiger partial charge < -0.3 is 0 Å². The molecule has 1 rings (SSSR count). The van der Waals surface area contributed by atoms with Crippen molar-refractivity contribution in [3.8, 4) is 6.07 Å². The summed E-state index contributed by atoms with van der Waals surface area (Å²) < 4.78 is 22.2. The number of nitro benzene ring substituents is 1. The number of thiol groups is 1. The van der Waals surface area contributed by atoms with E-state index in [2.05, 4.69) is 12.6 Å². The van der Waals surface area contributed by atoms with Crippen LogP contribution in [-0.2, 0) is 9.05 Å². The lowest BCUT2D eigenvalue weighted by Crippen LogP contribution is -1.99. The molecule has 9 heteroatoms. The summed E-state index contributed by atoms with van der Waals surface area (Å²) in [7, 11) is 0.879. The molecule has 0 atom stereocenters. The smallest absolute Gasteiger partial charge is 0.258 e. The summed E-state index contributed by atoms with van der Waals surface area (Å²) >= 11 is 3.72. The molecule has 0 saturated heterocycles. The normalized spacial score (nSPS) is 10.8. The second kappa shape index (κ2) is 4.29. The number of hydrogen-bond acceptors (Lipinski definition) is 6. The molecule has 16 heavy (non-hydrogen) atoms. The predicted octanol–water partition coefficient (Wildman–Crippen LogP) is 1.68. The molecule has 0 radical (unpaired) electrons. The lowest BCUT2D eigenvalue weighted by atomic mass is 10.2. The SMILES string of the molecule is N#Cc1cc([N+](=O)[O-])c(S)c(S(=O)(=O)Cl)c1. The molecule has 0 unspecified atom stereocenters. The van der Waals surface area contributed by atoms with Crippen LogP contribution in [0.15, 0.2) is 21.9 Å². The number of nitro groups is 1. The third-order valence-corrected chi connectivity index (χ3v) is 3.61. The highest BCUT2D eigenvalue weighted by Crippen LogP contribution is 2.32. The standard InChI is InChI=1S/C7H3ClN2O4S2/c8-16(13,14)6-2-4(3-9)1-5(7(6)15)10(11)12/h1-2,15H. The summed E-state index contributed by atoms with van der Waals surface area (Å²) in [5.74, 6) is 0. The van der Waals surface area contributed by atoms with E-state index < -0.39 is 24.6 Å². The van der Waals surface area contributed by atoms with Crippen LogP contribution in [0.4, 0.5) is 5.69 Å². The lowest BCUT2D eigenvalue weighted by Gasteiger charge is -2.02. The second-order valence-corrected chi connectivity index (χ2v) is 5.63. The van der Waals surface area contributed by atoms with Crippen LogP contribution in [0.1, 0.15) is 5.56 Å². The third-order valence-electron chi connectivity index (χ3n) is 1.64. The molecule has 0 aliphatic heterocycles. The maximum atomic E-state index is 11.1. The minimum Gasteiger partial charge on any atom is -0.258 e. The highest BCUT2D eigenvalue weighted by molar-refractivity contribution is 8.14. The Morgan fingerprint density at radius 1 is 1.50 bits per heavy atom. The Morgan fingerprint density at radius 2 is 2.06 bits per heavy atom. The number of halogens is 1. The Hall–Kier alpha value is -1.30. The monoisotopic (exact) mass is 278 g/mol. The zero-order chi connectivity index (χ0) is 12.5. The van der Waals surface area contributed by atoms with Gasteiger partial charge in [-0.05, 0) is 6.07 Å². The first kappa shape index (κ1) is 12.8. The average molecular weight is 279 g/mol. The van der Waals surface area contributed by atoms with Gasteiger partial charge in [0.15, 0.2) is 0 Å². The molecular weight excluding hydrogens is 276 g/mol. The van der Waals surface area contributed by atoms with Crippen molar-refractivity contribution in [1.82, 2.24) is 0 Å². The number of benzene rings is 1. The van der Waals surface area contributed by atoms with E-state index in [1.54, 1.807) is 6.07 Å². The van der Waals surface area contributed by atoms with Crippen LogP contribution < -0.4 is 0 Å². The maximum Gasteiger partial charge on any atom is 0.285 e. The van der Waals surface area contributed by atoms with Gasteiger partial charge in [-0.1, -0.05) is 0 Å². The first-order chi connectivity index (χ1) is 7.27. The second-order valence-electron chi connectivity index (χ2n) is 2.65. The van der Waals surface area contributed by atoms with E-state index in [-0.39, 0.29) is 10.5 Å². The van der Waals surface area contributed by atoms with Crippen LogP contribution in [0.3, 0.4) is 0 Å². The van der Waals surface area contributed by atoms with Crippen LogP contribution in [0.2, 0.25) is 0 Å². The summed E-state index contributed by atoms with van der Waals surface area (Å²) in [4.78, 5) is 8.80. The third kappa shape index (κ3) is 2.44. The number of rotatable bonds is 2. The quantitative estimate of drug-likeness (QED) is 0.384. The van der Waals surface area contributed by atoms with Gasteiger partial charge in [-0.2, -0.15) is 5.26 Å². The van der Waals surface area contributed by atoms with Gasteiger partial charge in [0.25, 0.3) is 14.7 Å². The molecule has 1 aromatic rings. The van der Waals surface area contributed by atoms with Crippen molar-refractivity contribution >= 4 is 38.0 Å². The molecule has 0 spiro atoms. The van der Waals surface area contributed by atoms with E-state index >= 15 is 0 Å². The largest absolute Gasteiger partial charge is 0.285 e. The molecule has 0 amide bonds. The Labute approximate surface area is 100 Å². The Kier molecular flexibility index (Phi) is 3.42. The Morgan fingerprint density at radius 3 is 2.44 bits per heavy atom. The lowest BCUT2D eigenvalue weighted by molar-refractivity contribution is -0.388. The van der Waals surface area contributed by atoms with Gasteiger partial charge in [0.2, 0.25) is 0 Å². The van der Waals surface area contributed by atoms with Gasteiger partial charge in [-0.3, -0.25) is 10.1 Å². The Bertz CT molecular complexity index is 606. The molecule has 1 aromatic carbocycles. The summed E-state index contributed by atoms with van der Waals surface area (Å²) in [6.07, 6.45) is 0. The minimum atomic E-state index is -4.18. The fourth-order valence-corrected chi connectivity index (χ4v) is 2.68. The van der Waals surface area contributed by atoms with Gasteiger partial charge in [0, 0.05) is 16.7 Å². The molecule has 0 bridgehead atoms. The summed E-state index contributed by atoms with van der Waals surface area (Å²) in [6.45, 7) is 0. The van der Waals surface area contributed by atoms with Crippen LogP contribution in [0.5, 0.6) is 0 Å². The summed E-state index contributed by atoms with van der Waals surface area (Å²) in [5, 5.41) is 19.2. The van der Waals surface area contributed by atoms with Crippen molar-refractivity contribution in [2.75, 3.05) is 0 Å². The van der Waals surface area contributed by atoms with Crippen LogP contribution >= 0.6 is 23.3 Å². The van der Waals surface area contributed by atoms with Gasteiger partial charge >= 0.3 is 0 Å². The van der Waals surface area contributed by atoms with Crippen LogP contribution in [0.25, 0.3) is 0 Å². The first-order valence-corrected chi connectivity index (χ1v) is 6.39. The topological polar surface area (TPSA) is 101 Å². The molecule has 0 fully saturated rings. The van der Waals surface area contributed by atoms with E-state index in [4.69, 9.17) is 15.9 Å². The fourth-order valence-electron chi connectivity index (χ4n) is 0.983. The van der Waals surface area contributed by atoms with Gasteiger partial charge in [0.1, 0.15) is 9.79 Å². The molecule has 0 N–H and O–H groups in total. The molecule has 0 aliphatic carbocycles. The van der Waals surface area contributed by atoms with Crippen molar-refractivity contribution in [1.29, 1.82) is 5.26 Å². The highest BCUT2D eigenvalue weighted by atomic mass is 35.7. The van der Waals surface area contributed by atoms with E-state index in [1.165, 1.54) is 0 Å². The number of nitriles is 1. The number of hydrogen-bond donors (Lipinski definition) is 1. The summed E-state index contributed by atoms with van der Waals surface area (Å²) in [5.41, 5.74) is -0.759. The van der Waals surface area contributed by atoms with E-state index in [0.717, 1.165) is 12.1 Å². The zero-order valence-corrected chi connectivity index (χ0v) is 9.88. The summed E-state index contributed by atoms with van der Waals surface area (Å²) in [6, 6.07) is 3.45. The van der Waals surface area contributed by atoms with E-state index in [1.807, 2.05) is 0 Å². The Balaban J connectivity index is 3.72. The molecule has 6 nitrogen and oxygen atoms in total. The van der Waals surface area contributed by atoms with E-state index in [0.29, 0.717) is 0 Å². The maximum absolute atomic E-state index is 11.1. The molecule has 0 aliphatic rings. The van der Waals surface area contributed by atoms with Crippen LogP contribution in [-0.4, -0.2) is 13.3 Å². The van der Waals surface area contributed by atoms with Crippen LogP contribution in [0, 0.1) is 21.4 Å². The molecular formula is C7H3ClN2O4S2.